The Morgan fingerprint density at radius 2 is 1.80 bits per heavy atom. The average Bonchev–Trinajstić information content (AvgIpc) is 2.25. The first kappa shape index (κ1) is 12.7. The summed E-state index contributed by atoms with van der Waals surface area (Å²) in [5, 5.41) is 0. The van der Waals surface area contributed by atoms with Crippen LogP contribution < -0.4 is 4.74 Å². The summed E-state index contributed by atoms with van der Waals surface area (Å²) in [6, 6.07) is 7.58. The van der Waals surface area contributed by atoms with Gasteiger partial charge < -0.3 is 4.74 Å². The minimum Gasteiger partial charge on any atom is -0.494 e. The van der Waals surface area contributed by atoms with Gasteiger partial charge >= 0.3 is 0 Å². The molecule has 1 nitrogen and oxygen atoms in total. The summed E-state index contributed by atoms with van der Waals surface area (Å²) in [6.07, 6.45) is 3.53. The Kier molecular flexibility index (Phi) is 5.89. The van der Waals surface area contributed by atoms with Gasteiger partial charge in [-0.1, -0.05) is 31.9 Å². The van der Waals surface area contributed by atoms with Crippen LogP contribution in [0.15, 0.2) is 24.3 Å². The second-order valence-corrected chi connectivity index (χ2v) is 4.52. The topological polar surface area (TPSA) is 9.23 Å². The van der Waals surface area contributed by atoms with Crippen molar-refractivity contribution in [2.75, 3.05) is 6.61 Å². The molecule has 0 fully saturated rings. The predicted octanol–water partition coefficient (Wildman–Crippen LogP) is 4.73. The fourth-order valence-corrected chi connectivity index (χ4v) is 1.54. The summed E-state index contributed by atoms with van der Waals surface area (Å²) >= 11 is 11.5. The molecule has 1 aromatic rings. The van der Waals surface area contributed by atoms with Gasteiger partial charge in [-0.05, 0) is 24.1 Å². The number of halogens is 2. The molecule has 0 unspecified atom stereocenters. The fourth-order valence-electron chi connectivity index (χ4n) is 1.25. The molecule has 1 rings (SSSR count). The van der Waals surface area contributed by atoms with Crippen molar-refractivity contribution >= 4 is 23.2 Å². The molecule has 0 aliphatic carbocycles. The molecule has 0 aliphatic heterocycles. The van der Waals surface area contributed by atoms with Gasteiger partial charge in [0.25, 0.3) is 0 Å². The zero-order chi connectivity index (χ0) is 11.1. The Labute approximate surface area is 101 Å². The zero-order valence-corrected chi connectivity index (χ0v) is 10.4. The van der Waals surface area contributed by atoms with E-state index < -0.39 is 4.84 Å². The molecule has 0 radical (unpaired) electrons. The van der Waals surface area contributed by atoms with Crippen molar-refractivity contribution in [2.24, 2.45) is 0 Å². The summed E-state index contributed by atoms with van der Waals surface area (Å²) in [7, 11) is 0. The van der Waals surface area contributed by atoms with Crippen LogP contribution in [-0.4, -0.2) is 6.61 Å². The lowest BCUT2D eigenvalue weighted by Gasteiger charge is -2.07. The van der Waals surface area contributed by atoms with E-state index in [0.717, 1.165) is 24.3 Å². The molecule has 1 aromatic carbocycles. The standard InChI is InChI=1S/C12H16Cl2O/c1-2-3-4-9-15-11-7-5-10(6-8-11)12(13)14/h5-8,12H,2-4,9H2,1H3. The number of hydrogen-bond acceptors (Lipinski definition) is 1. The van der Waals surface area contributed by atoms with Crippen molar-refractivity contribution in [3.63, 3.8) is 0 Å². The molecule has 0 atom stereocenters. The van der Waals surface area contributed by atoms with Gasteiger partial charge in [0.2, 0.25) is 0 Å². The van der Waals surface area contributed by atoms with E-state index in [1.54, 1.807) is 0 Å². The quantitative estimate of drug-likeness (QED) is 0.521. The average molecular weight is 247 g/mol. The minimum atomic E-state index is -0.459. The molecule has 0 saturated carbocycles. The number of rotatable bonds is 6. The summed E-state index contributed by atoms with van der Waals surface area (Å²) in [4.78, 5) is -0.459. The SMILES string of the molecule is CCCCCOc1ccc(C(Cl)Cl)cc1. The van der Waals surface area contributed by atoms with Crippen LogP contribution in [0.25, 0.3) is 0 Å². The van der Waals surface area contributed by atoms with Crippen LogP contribution in [-0.2, 0) is 0 Å². The monoisotopic (exact) mass is 246 g/mol. The Morgan fingerprint density at radius 1 is 1.13 bits per heavy atom. The highest BCUT2D eigenvalue weighted by Crippen LogP contribution is 2.26. The van der Waals surface area contributed by atoms with Crippen LogP contribution in [0.5, 0.6) is 5.75 Å². The van der Waals surface area contributed by atoms with Crippen molar-refractivity contribution in [3.8, 4) is 5.75 Å². The predicted molar refractivity (Wildman–Crippen MR) is 65.9 cm³/mol. The van der Waals surface area contributed by atoms with Gasteiger partial charge in [0.1, 0.15) is 10.6 Å². The van der Waals surface area contributed by atoms with Gasteiger partial charge in [-0.3, -0.25) is 0 Å². The van der Waals surface area contributed by atoms with Crippen LogP contribution in [0.1, 0.15) is 36.6 Å². The summed E-state index contributed by atoms with van der Waals surface area (Å²) in [5.41, 5.74) is 0.902. The van der Waals surface area contributed by atoms with Crippen LogP contribution in [0.4, 0.5) is 0 Å². The van der Waals surface area contributed by atoms with Crippen molar-refractivity contribution in [1.82, 2.24) is 0 Å². The third-order valence-electron chi connectivity index (χ3n) is 2.15. The van der Waals surface area contributed by atoms with Gasteiger partial charge in [0.05, 0.1) is 6.61 Å². The molecule has 3 heteroatoms. The Balaban J connectivity index is 2.36. The first-order chi connectivity index (χ1) is 7.24. The number of hydrogen-bond donors (Lipinski definition) is 0. The van der Waals surface area contributed by atoms with Gasteiger partial charge in [0, 0.05) is 0 Å². The van der Waals surface area contributed by atoms with Gasteiger partial charge in [0.15, 0.2) is 0 Å². The molecule has 84 valence electrons. The summed E-state index contributed by atoms with van der Waals surface area (Å²) in [5.74, 6) is 0.879. The lowest BCUT2D eigenvalue weighted by atomic mass is 10.2. The van der Waals surface area contributed by atoms with Crippen LogP contribution in [0.3, 0.4) is 0 Å². The first-order valence-corrected chi connectivity index (χ1v) is 6.12. The molecular formula is C12H16Cl2O. The minimum absolute atomic E-state index is 0.459. The fraction of sp³-hybridized carbons (Fsp3) is 0.500. The van der Waals surface area contributed by atoms with E-state index in [2.05, 4.69) is 6.92 Å². The summed E-state index contributed by atoms with van der Waals surface area (Å²) < 4.78 is 5.56. The van der Waals surface area contributed by atoms with Crippen LogP contribution in [0, 0.1) is 0 Å². The normalized spacial score (nSPS) is 10.7. The second-order valence-electron chi connectivity index (χ2n) is 3.43. The molecule has 0 heterocycles. The Hall–Kier alpha value is -0.400. The molecule has 0 aromatic heterocycles. The maximum Gasteiger partial charge on any atom is 0.132 e. The van der Waals surface area contributed by atoms with E-state index in [1.807, 2.05) is 24.3 Å². The van der Waals surface area contributed by atoms with E-state index in [4.69, 9.17) is 27.9 Å². The summed E-state index contributed by atoms with van der Waals surface area (Å²) in [6.45, 7) is 2.95. The highest BCUT2D eigenvalue weighted by Gasteiger charge is 2.02. The zero-order valence-electron chi connectivity index (χ0n) is 8.88. The molecule has 0 N–H and O–H groups in total. The van der Waals surface area contributed by atoms with Crippen molar-refractivity contribution in [1.29, 1.82) is 0 Å². The maximum absolute atomic E-state index is 5.73. The molecule has 0 saturated heterocycles. The number of ether oxygens (including phenoxy) is 1. The van der Waals surface area contributed by atoms with E-state index in [0.29, 0.717) is 0 Å². The lowest BCUT2D eigenvalue weighted by molar-refractivity contribution is 0.306. The van der Waals surface area contributed by atoms with Gasteiger partial charge in [-0.15, -0.1) is 23.2 Å². The molecular weight excluding hydrogens is 231 g/mol. The molecule has 0 aliphatic rings. The second kappa shape index (κ2) is 6.97. The Morgan fingerprint density at radius 3 is 2.33 bits per heavy atom. The van der Waals surface area contributed by atoms with E-state index >= 15 is 0 Å². The number of unbranched alkanes of at least 4 members (excludes halogenated alkanes) is 2. The van der Waals surface area contributed by atoms with E-state index in [1.165, 1.54) is 12.8 Å². The maximum atomic E-state index is 5.73. The van der Waals surface area contributed by atoms with E-state index in [-0.39, 0.29) is 0 Å². The molecule has 0 amide bonds. The lowest BCUT2D eigenvalue weighted by Crippen LogP contribution is -1.96. The third kappa shape index (κ3) is 4.76. The van der Waals surface area contributed by atoms with Crippen molar-refractivity contribution in [2.45, 2.75) is 31.0 Å². The highest BCUT2D eigenvalue weighted by molar-refractivity contribution is 6.44. The molecule has 15 heavy (non-hydrogen) atoms. The Bertz CT molecular complexity index is 269. The van der Waals surface area contributed by atoms with Crippen molar-refractivity contribution in [3.05, 3.63) is 29.8 Å². The van der Waals surface area contributed by atoms with Crippen LogP contribution in [0.2, 0.25) is 0 Å². The molecule has 0 spiro atoms. The smallest absolute Gasteiger partial charge is 0.132 e. The third-order valence-corrected chi connectivity index (χ3v) is 2.65. The highest BCUT2D eigenvalue weighted by atomic mass is 35.5. The van der Waals surface area contributed by atoms with E-state index in [9.17, 15) is 0 Å². The van der Waals surface area contributed by atoms with Gasteiger partial charge in [-0.2, -0.15) is 0 Å². The number of benzene rings is 1. The number of alkyl halides is 2. The molecule has 0 bridgehead atoms. The first-order valence-electron chi connectivity index (χ1n) is 5.25. The van der Waals surface area contributed by atoms with Crippen LogP contribution >= 0.6 is 23.2 Å². The largest absolute Gasteiger partial charge is 0.494 e. The van der Waals surface area contributed by atoms with Crippen molar-refractivity contribution < 1.29 is 4.74 Å². The van der Waals surface area contributed by atoms with Gasteiger partial charge in [-0.25, -0.2) is 0 Å².